The van der Waals surface area contributed by atoms with Crippen molar-refractivity contribution in [2.75, 3.05) is 32.2 Å². The van der Waals surface area contributed by atoms with Crippen LogP contribution in [0.15, 0.2) is 29.6 Å². The first-order valence-corrected chi connectivity index (χ1v) is 18.6. The molecule has 2 saturated carbocycles. The van der Waals surface area contributed by atoms with Crippen LogP contribution < -0.4 is 25.8 Å². The number of aromatic nitrogens is 2. The Balaban J connectivity index is 1.23. The van der Waals surface area contributed by atoms with Crippen LogP contribution in [0, 0.1) is 23.2 Å². The number of primary amides is 1. The minimum atomic E-state index is -0.955. The fraction of sp³-hybridized carbons (Fsp3) is 0.595. The smallest absolute Gasteiger partial charge is 0.408 e. The molecule has 1 aromatic carbocycles. The molecule has 51 heavy (non-hydrogen) atoms. The molecule has 2 aliphatic carbocycles. The average Bonchev–Trinajstić information content (AvgIpc) is 3.55. The summed E-state index contributed by atoms with van der Waals surface area (Å²) >= 11 is 1.48. The van der Waals surface area contributed by atoms with E-state index < -0.39 is 41.5 Å². The van der Waals surface area contributed by atoms with Gasteiger partial charge in [-0.25, -0.2) is 14.8 Å². The maximum Gasteiger partial charge on any atom is 0.408 e. The van der Waals surface area contributed by atoms with Crippen molar-refractivity contribution < 1.29 is 33.3 Å². The van der Waals surface area contributed by atoms with Crippen molar-refractivity contribution in [1.82, 2.24) is 20.2 Å². The molecule has 3 fully saturated rings. The summed E-state index contributed by atoms with van der Waals surface area (Å²) < 4.78 is 23.4. The van der Waals surface area contributed by atoms with E-state index in [0.717, 1.165) is 23.4 Å². The molecule has 7 atom stereocenters. The van der Waals surface area contributed by atoms with Gasteiger partial charge >= 0.3 is 6.09 Å². The Hall–Kier alpha value is -4.17. The number of benzene rings is 1. The topological polar surface area (TPSA) is 167 Å². The highest BCUT2D eigenvalue weighted by Crippen LogP contribution is 2.57. The van der Waals surface area contributed by atoms with Crippen molar-refractivity contribution in [3.8, 4) is 22.9 Å². The number of nitrogens with zero attached hydrogens (tertiary/aromatic N) is 3. The first-order chi connectivity index (χ1) is 24.2. The van der Waals surface area contributed by atoms with Crippen LogP contribution in [-0.2, 0) is 19.1 Å². The normalized spacial score (nSPS) is 24.7. The fourth-order valence-electron chi connectivity index (χ4n) is 7.35. The zero-order valence-corrected chi connectivity index (χ0v) is 31.2. The van der Waals surface area contributed by atoms with Gasteiger partial charge in [-0.3, -0.25) is 9.59 Å². The molecule has 4 N–H and O–H groups in total. The van der Waals surface area contributed by atoms with Gasteiger partial charge < -0.3 is 40.2 Å². The molecule has 1 aliphatic heterocycles. The minimum absolute atomic E-state index is 0.0934. The number of anilines is 1. The van der Waals surface area contributed by atoms with Crippen molar-refractivity contribution >= 4 is 45.3 Å². The van der Waals surface area contributed by atoms with E-state index in [0.29, 0.717) is 59.4 Å². The highest BCUT2D eigenvalue weighted by molar-refractivity contribution is 7.14. The Morgan fingerprint density at radius 3 is 2.45 bits per heavy atom. The van der Waals surface area contributed by atoms with Gasteiger partial charge in [0.1, 0.15) is 48.1 Å². The number of carbonyl (C=O) groups is 3. The Labute approximate surface area is 302 Å². The van der Waals surface area contributed by atoms with Crippen molar-refractivity contribution in [2.45, 2.75) is 91.1 Å². The van der Waals surface area contributed by atoms with Crippen LogP contribution in [-0.4, -0.2) is 90.0 Å². The Bertz CT molecular complexity index is 1750. The molecule has 14 heteroatoms. The third-order valence-electron chi connectivity index (χ3n) is 10.1. The summed E-state index contributed by atoms with van der Waals surface area (Å²) in [6.07, 6.45) is 0.547. The number of carbonyl (C=O) groups excluding carboxylic acids is 3. The molecular formula is C37H50N6O7S. The molecule has 3 aliphatic rings. The summed E-state index contributed by atoms with van der Waals surface area (Å²) in [5.74, 6) is 2.01. The van der Waals surface area contributed by atoms with E-state index in [9.17, 15) is 14.4 Å². The van der Waals surface area contributed by atoms with Gasteiger partial charge in [0.05, 0.1) is 24.4 Å². The SMILES string of the molecule is COCCOc1ccc2c(O[C@@H]3C[C@@H](C(N)=O)N(C(=O)[C@@H](NC(=O)OC4CC5C(C)[C@H]5C4)C(C)(C)C)C3)cc(-c3csc(NC(C)C)n3)nc2c1. The minimum Gasteiger partial charge on any atom is -0.491 e. The van der Waals surface area contributed by atoms with Crippen molar-refractivity contribution in [1.29, 1.82) is 0 Å². The van der Waals surface area contributed by atoms with Crippen LogP contribution in [0.5, 0.6) is 11.5 Å². The summed E-state index contributed by atoms with van der Waals surface area (Å²) in [4.78, 5) is 51.2. The summed E-state index contributed by atoms with van der Waals surface area (Å²) in [6, 6.07) is 5.71. The van der Waals surface area contributed by atoms with E-state index in [1.165, 1.54) is 16.2 Å². The van der Waals surface area contributed by atoms with E-state index in [2.05, 4.69) is 17.6 Å². The number of methoxy groups -OCH3 is 1. The molecule has 0 bridgehead atoms. The number of rotatable bonds is 13. The third-order valence-corrected chi connectivity index (χ3v) is 10.9. The molecular weight excluding hydrogens is 673 g/mol. The maximum atomic E-state index is 14.2. The summed E-state index contributed by atoms with van der Waals surface area (Å²) in [5, 5.41) is 9.59. The summed E-state index contributed by atoms with van der Waals surface area (Å²) in [6.45, 7) is 12.8. The van der Waals surface area contributed by atoms with Gasteiger partial charge in [-0.05, 0) is 62.0 Å². The number of amides is 3. The number of hydrogen-bond donors (Lipinski definition) is 3. The lowest BCUT2D eigenvalue weighted by molar-refractivity contribution is -0.141. The van der Waals surface area contributed by atoms with E-state index in [1.807, 2.05) is 64.3 Å². The molecule has 276 valence electrons. The Morgan fingerprint density at radius 2 is 1.78 bits per heavy atom. The molecule has 1 saturated heterocycles. The second-order valence-electron chi connectivity index (χ2n) is 15.4. The zero-order chi connectivity index (χ0) is 36.6. The standard InChI is InChI=1S/C37H50N6O7S/c1-19(2)39-35-41-29(18-51-35)28-16-31(24-9-8-21(14-27(24)40-28)48-11-10-47-7)49-23-15-30(33(38)44)43(17-23)34(45)32(37(4,5)6)42-36(46)50-22-12-25-20(3)26(25)13-22/h8-9,14,16,18-20,22-23,25-26,30,32H,10-13,15,17H2,1-7H3,(H2,38,44)(H,39,41)(H,42,46)/t20?,22?,23-,25-,26?,30+,32-/m1/s1. The summed E-state index contributed by atoms with van der Waals surface area (Å²) in [5.41, 5.74) is 7.10. The lowest BCUT2D eigenvalue weighted by Crippen LogP contribution is -2.57. The first-order valence-electron chi connectivity index (χ1n) is 17.7. The number of ether oxygens (including phenoxy) is 4. The van der Waals surface area contributed by atoms with Gasteiger partial charge in [-0.1, -0.05) is 27.7 Å². The molecule has 13 nitrogen and oxygen atoms in total. The van der Waals surface area contributed by atoms with Crippen LogP contribution >= 0.6 is 11.3 Å². The highest BCUT2D eigenvalue weighted by Gasteiger charge is 2.54. The monoisotopic (exact) mass is 722 g/mol. The van der Waals surface area contributed by atoms with Crippen LogP contribution in [0.4, 0.5) is 9.93 Å². The van der Waals surface area contributed by atoms with E-state index in [-0.39, 0.29) is 25.1 Å². The first kappa shape index (κ1) is 36.6. The second-order valence-corrected chi connectivity index (χ2v) is 16.2. The Kier molecular flexibility index (Phi) is 10.6. The zero-order valence-electron chi connectivity index (χ0n) is 30.4. The van der Waals surface area contributed by atoms with Gasteiger partial charge in [0, 0.05) is 42.5 Å². The largest absolute Gasteiger partial charge is 0.491 e. The van der Waals surface area contributed by atoms with Gasteiger partial charge in [0.25, 0.3) is 0 Å². The number of nitrogens with one attached hydrogen (secondary N) is 2. The van der Waals surface area contributed by atoms with Crippen LogP contribution in [0.3, 0.4) is 0 Å². The molecule has 3 aromatic rings. The van der Waals surface area contributed by atoms with Gasteiger partial charge in [0.2, 0.25) is 11.8 Å². The molecule has 6 rings (SSSR count). The fourth-order valence-corrected chi connectivity index (χ4v) is 8.20. The number of likely N-dealkylation sites (tertiary alicyclic amines) is 1. The summed E-state index contributed by atoms with van der Waals surface area (Å²) in [7, 11) is 1.62. The highest BCUT2D eigenvalue weighted by atomic mass is 32.1. The number of pyridine rings is 1. The average molecular weight is 723 g/mol. The van der Waals surface area contributed by atoms with Crippen LogP contribution in [0.1, 0.15) is 60.8 Å². The van der Waals surface area contributed by atoms with E-state index >= 15 is 0 Å². The van der Waals surface area contributed by atoms with E-state index in [4.69, 9.17) is 34.6 Å². The van der Waals surface area contributed by atoms with Crippen molar-refractivity contribution in [3.05, 3.63) is 29.6 Å². The number of nitrogens with two attached hydrogens (primary N) is 1. The maximum absolute atomic E-state index is 14.2. The molecule has 3 unspecified atom stereocenters. The van der Waals surface area contributed by atoms with Gasteiger partial charge in [-0.15, -0.1) is 11.3 Å². The van der Waals surface area contributed by atoms with Gasteiger partial charge in [0.15, 0.2) is 5.13 Å². The molecule has 2 aromatic heterocycles. The Morgan fingerprint density at radius 1 is 1.04 bits per heavy atom. The third kappa shape index (κ3) is 8.33. The molecule has 3 heterocycles. The number of thiazole rings is 1. The molecule has 3 amide bonds. The van der Waals surface area contributed by atoms with Crippen LogP contribution in [0.2, 0.25) is 0 Å². The van der Waals surface area contributed by atoms with Crippen LogP contribution in [0.25, 0.3) is 22.3 Å². The van der Waals surface area contributed by atoms with Crippen molar-refractivity contribution in [2.24, 2.45) is 28.9 Å². The predicted molar refractivity (Wildman–Crippen MR) is 195 cm³/mol. The lowest BCUT2D eigenvalue weighted by atomic mass is 9.85. The molecule has 0 radical (unpaired) electrons. The second kappa shape index (κ2) is 14.8. The number of hydrogen-bond acceptors (Lipinski definition) is 11. The van der Waals surface area contributed by atoms with E-state index in [1.54, 1.807) is 7.11 Å². The quantitative estimate of drug-likeness (QED) is 0.199. The number of alkyl carbamates (subject to hydrolysis) is 1. The lowest BCUT2D eigenvalue weighted by Gasteiger charge is -2.35. The van der Waals surface area contributed by atoms with Crippen molar-refractivity contribution in [3.63, 3.8) is 0 Å². The molecule has 0 spiro atoms. The predicted octanol–water partition coefficient (Wildman–Crippen LogP) is 5.22. The van der Waals surface area contributed by atoms with Gasteiger partial charge in [-0.2, -0.15) is 0 Å². The number of fused-ring (bicyclic) bond motifs is 2.